The van der Waals surface area contributed by atoms with Crippen molar-refractivity contribution in [1.82, 2.24) is 4.90 Å². The molecule has 4 nitrogen and oxygen atoms in total. The predicted molar refractivity (Wildman–Crippen MR) is 88.7 cm³/mol. The molecule has 2 rings (SSSR count). The van der Waals surface area contributed by atoms with Crippen molar-refractivity contribution < 1.29 is 9.59 Å². The van der Waals surface area contributed by atoms with Crippen molar-refractivity contribution in [2.45, 2.75) is 44.9 Å². The Balaban J connectivity index is 1.78. The number of carbonyl (C=O) groups excluding carboxylic acids is 2. The molecule has 4 heteroatoms. The van der Waals surface area contributed by atoms with Crippen LogP contribution in [0.1, 0.15) is 44.1 Å². The Morgan fingerprint density at radius 3 is 2.36 bits per heavy atom. The highest BCUT2D eigenvalue weighted by atomic mass is 16.2. The maximum atomic E-state index is 12.0. The number of rotatable bonds is 6. The maximum Gasteiger partial charge on any atom is 0.224 e. The maximum absolute atomic E-state index is 12.0. The van der Waals surface area contributed by atoms with Crippen LogP contribution in [0.15, 0.2) is 24.3 Å². The first-order valence-electron chi connectivity index (χ1n) is 8.13. The van der Waals surface area contributed by atoms with E-state index in [0.29, 0.717) is 18.8 Å². The molecule has 22 heavy (non-hydrogen) atoms. The summed E-state index contributed by atoms with van der Waals surface area (Å²) in [5, 5.41) is 2.97. The van der Waals surface area contributed by atoms with Crippen LogP contribution in [0.2, 0.25) is 0 Å². The van der Waals surface area contributed by atoms with Crippen LogP contribution in [0, 0.1) is 5.92 Å². The second kappa shape index (κ2) is 7.97. The summed E-state index contributed by atoms with van der Waals surface area (Å²) in [5.74, 6) is 0.813. The Labute approximate surface area is 132 Å². The van der Waals surface area contributed by atoms with Crippen LogP contribution in [0.4, 0.5) is 5.69 Å². The van der Waals surface area contributed by atoms with Gasteiger partial charge in [-0.3, -0.25) is 9.59 Å². The molecule has 2 amide bonds. The summed E-state index contributed by atoms with van der Waals surface area (Å²) in [6.45, 7) is 0. The van der Waals surface area contributed by atoms with E-state index in [-0.39, 0.29) is 11.8 Å². The number of amides is 2. The Bertz CT molecular complexity index is 502. The topological polar surface area (TPSA) is 49.4 Å². The third kappa shape index (κ3) is 5.17. The van der Waals surface area contributed by atoms with Crippen LogP contribution in [0.25, 0.3) is 0 Å². The molecular weight excluding hydrogens is 276 g/mol. The van der Waals surface area contributed by atoms with E-state index in [9.17, 15) is 9.59 Å². The molecule has 0 unspecified atom stereocenters. The average molecular weight is 302 g/mol. The van der Waals surface area contributed by atoms with Crippen molar-refractivity contribution in [3.8, 4) is 0 Å². The zero-order valence-corrected chi connectivity index (χ0v) is 13.6. The number of nitrogens with zero attached hydrogens (tertiary/aromatic N) is 1. The van der Waals surface area contributed by atoms with Gasteiger partial charge in [0.25, 0.3) is 0 Å². The van der Waals surface area contributed by atoms with Crippen molar-refractivity contribution >= 4 is 17.5 Å². The van der Waals surface area contributed by atoms with Gasteiger partial charge in [0.2, 0.25) is 11.8 Å². The molecule has 0 saturated heterocycles. The fraction of sp³-hybridized carbons (Fsp3) is 0.556. The van der Waals surface area contributed by atoms with Crippen molar-refractivity contribution in [2.24, 2.45) is 5.92 Å². The number of nitrogens with one attached hydrogen (secondary N) is 1. The molecular formula is C18H26N2O2. The molecule has 0 atom stereocenters. The molecule has 1 aromatic carbocycles. The van der Waals surface area contributed by atoms with Gasteiger partial charge in [-0.25, -0.2) is 0 Å². The van der Waals surface area contributed by atoms with Crippen molar-refractivity contribution in [1.29, 1.82) is 0 Å². The minimum absolute atomic E-state index is 0.113. The lowest BCUT2D eigenvalue weighted by Gasteiger charge is -2.11. The van der Waals surface area contributed by atoms with Gasteiger partial charge in [0.1, 0.15) is 0 Å². The molecule has 0 heterocycles. The van der Waals surface area contributed by atoms with Gasteiger partial charge in [0, 0.05) is 32.6 Å². The lowest BCUT2D eigenvalue weighted by molar-refractivity contribution is -0.128. The average Bonchev–Trinajstić information content (AvgIpc) is 2.98. The molecule has 1 aromatic rings. The highest BCUT2D eigenvalue weighted by Crippen LogP contribution is 2.27. The van der Waals surface area contributed by atoms with Crippen LogP contribution >= 0.6 is 0 Å². The van der Waals surface area contributed by atoms with Crippen molar-refractivity contribution in [3.63, 3.8) is 0 Å². The van der Waals surface area contributed by atoms with Crippen LogP contribution < -0.4 is 5.32 Å². The second-order valence-corrected chi connectivity index (χ2v) is 6.39. The molecule has 0 radical (unpaired) electrons. The first-order valence-corrected chi connectivity index (χ1v) is 8.13. The van der Waals surface area contributed by atoms with Crippen LogP contribution in [-0.2, 0) is 16.0 Å². The van der Waals surface area contributed by atoms with E-state index in [1.54, 1.807) is 19.0 Å². The Kier molecular flexibility index (Phi) is 5.99. The molecule has 0 aliphatic heterocycles. The summed E-state index contributed by atoms with van der Waals surface area (Å²) in [6.07, 6.45) is 6.78. The highest BCUT2D eigenvalue weighted by Gasteiger charge is 2.18. The van der Waals surface area contributed by atoms with Crippen LogP contribution in [-0.4, -0.2) is 30.8 Å². The predicted octanol–water partition coefficient (Wildman–Crippen LogP) is 3.23. The minimum atomic E-state index is 0.113. The standard InChI is InChI=1S/C18H26N2O2/c1-20(2)18(22)12-9-14-7-10-16(11-8-14)19-17(21)13-15-5-3-4-6-15/h7-8,10-11,15H,3-6,9,12-13H2,1-2H3,(H,19,21). The van der Waals surface area contributed by atoms with Gasteiger partial charge in [-0.15, -0.1) is 0 Å². The molecule has 0 spiro atoms. The number of anilines is 1. The monoisotopic (exact) mass is 302 g/mol. The highest BCUT2D eigenvalue weighted by molar-refractivity contribution is 5.90. The van der Waals surface area contributed by atoms with Gasteiger partial charge in [-0.1, -0.05) is 25.0 Å². The van der Waals surface area contributed by atoms with E-state index in [1.165, 1.54) is 25.7 Å². The van der Waals surface area contributed by atoms with Gasteiger partial charge in [-0.05, 0) is 42.9 Å². The van der Waals surface area contributed by atoms with E-state index in [2.05, 4.69) is 5.32 Å². The Morgan fingerprint density at radius 2 is 1.77 bits per heavy atom. The van der Waals surface area contributed by atoms with Crippen molar-refractivity contribution in [3.05, 3.63) is 29.8 Å². The molecule has 1 aliphatic rings. The summed E-state index contributed by atoms with van der Waals surface area (Å²) in [6, 6.07) is 7.80. The SMILES string of the molecule is CN(C)C(=O)CCc1ccc(NC(=O)CC2CCCC2)cc1. The normalized spacial score (nSPS) is 14.8. The van der Waals surface area contributed by atoms with Gasteiger partial charge in [-0.2, -0.15) is 0 Å². The number of hydrogen-bond donors (Lipinski definition) is 1. The minimum Gasteiger partial charge on any atom is -0.349 e. The summed E-state index contributed by atoms with van der Waals surface area (Å²) in [4.78, 5) is 25.2. The summed E-state index contributed by atoms with van der Waals surface area (Å²) in [5.41, 5.74) is 1.95. The van der Waals surface area contributed by atoms with Gasteiger partial charge in [0.15, 0.2) is 0 Å². The zero-order valence-electron chi connectivity index (χ0n) is 13.6. The molecule has 1 aliphatic carbocycles. The first-order chi connectivity index (χ1) is 10.5. The number of carbonyl (C=O) groups is 2. The van der Waals surface area contributed by atoms with E-state index in [0.717, 1.165) is 17.7 Å². The molecule has 0 bridgehead atoms. The molecule has 120 valence electrons. The Hall–Kier alpha value is -1.84. The molecule has 1 fully saturated rings. The second-order valence-electron chi connectivity index (χ2n) is 6.39. The van der Waals surface area contributed by atoms with E-state index >= 15 is 0 Å². The summed E-state index contributed by atoms with van der Waals surface area (Å²) >= 11 is 0. The molecule has 1 N–H and O–H groups in total. The third-order valence-corrected chi connectivity index (χ3v) is 4.31. The fourth-order valence-electron chi connectivity index (χ4n) is 2.92. The zero-order chi connectivity index (χ0) is 15.9. The van der Waals surface area contributed by atoms with Crippen LogP contribution in [0.3, 0.4) is 0 Å². The first kappa shape index (κ1) is 16.5. The lowest BCUT2D eigenvalue weighted by Crippen LogP contribution is -2.21. The number of hydrogen-bond acceptors (Lipinski definition) is 2. The fourth-order valence-corrected chi connectivity index (χ4v) is 2.92. The third-order valence-electron chi connectivity index (χ3n) is 4.31. The molecule has 0 aromatic heterocycles. The molecule has 1 saturated carbocycles. The quantitative estimate of drug-likeness (QED) is 0.877. The van der Waals surface area contributed by atoms with Gasteiger partial charge in [0.05, 0.1) is 0 Å². The lowest BCUT2D eigenvalue weighted by atomic mass is 10.0. The Morgan fingerprint density at radius 1 is 1.14 bits per heavy atom. The van der Waals surface area contributed by atoms with Gasteiger partial charge < -0.3 is 10.2 Å². The summed E-state index contributed by atoms with van der Waals surface area (Å²) in [7, 11) is 3.54. The summed E-state index contributed by atoms with van der Waals surface area (Å²) < 4.78 is 0. The largest absolute Gasteiger partial charge is 0.349 e. The van der Waals surface area contributed by atoms with E-state index in [4.69, 9.17) is 0 Å². The van der Waals surface area contributed by atoms with Gasteiger partial charge >= 0.3 is 0 Å². The number of aryl methyl sites for hydroxylation is 1. The van der Waals surface area contributed by atoms with Crippen molar-refractivity contribution in [2.75, 3.05) is 19.4 Å². The van der Waals surface area contributed by atoms with Crippen LogP contribution in [0.5, 0.6) is 0 Å². The van der Waals surface area contributed by atoms with E-state index < -0.39 is 0 Å². The number of benzene rings is 1. The smallest absolute Gasteiger partial charge is 0.224 e. The van der Waals surface area contributed by atoms with E-state index in [1.807, 2.05) is 24.3 Å².